The van der Waals surface area contributed by atoms with Crippen LogP contribution in [0.15, 0.2) is 53.4 Å². The van der Waals surface area contributed by atoms with Gasteiger partial charge in [0.05, 0.1) is 17.3 Å². The molecule has 1 heterocycles. The molecule has 5 rings (SSSR count). The quantitative estimate of drug-likeness (QED) is 0.227. The Hall–Kier alpha value is -3.25. The number of amides is 1. The van der Waals surface area contributed by atoms with E-state index in [2.05, 4.69) is 4.85 Å². The van der Waals surface area contributed by atoms with Crippen molar-refractivity contribution >= 4 is 21.7 Å². The Morgan fingerprint density at radius 3 is 2.40 bits per heavy atom. The molecule has 0 N–H and O–H groups in total. The van der Waals surface area contributed by atoms with Crippen LogP contribution < -0.4 is 0 Å². The van der Waals surface area contributed by atoms with Crippen molar-refractivity contribution in [3.8, 4) is 0 Å². The molecule has 3 aliphatic rings. The predicted molar refractivity (Wildman–Crippen MR) is 161 cm³/mol. The number of likely N-dealkylation sites (tertiary alicyclic amines) is 1. The standard InChI is InChI=1S/C34H41FN2O5S/c1-36-34(27-8-5-9-28(35)23-27,31-10-4-7-25(31)22-33(39)42-2)26-18-20-37(21-19-26)32(38)11-3-6-24-12-14-29(15-13-24)43(40,41)30-16-17-30/h5,8-9,12-15,23,25-26,30-31H,3-4,6-7,10-11,16-22H2,2H3/t25-,31+,34-/m1/s1. The van der Waals surface area contributed by atoms with Gasteiger partial charge in [0.2, 0.25) is 5.91 Å². The topological polar surface area (TPSA) is 85.1 Å². The lowest BCUT2D eigenvalue weighted by atomic mass is 9.63. The summed E-state index contributed by atoms with van der Waals surface area (Å²) in [5, 5.41) is -0.228. The fourth-order valence-electron chi connectivity index (χ4n) is 7.47. The number of carbonyl (C=O) groups excluding carboxylic acids is 2. The Balaban J connectivity index is 1.22. The molecule has 2 aromatic rings. The smallest absolute Gasteiger partial charge is 0.305 e. The first-order chi connectivity index (χ1) is 20.7. The SMILES string of the molecule is [C-]#[N+][C@@](c1cccc(F)c1)(C1CCN(C(=O)CCCc2ccc(S(=O)(=O)C3CC3)cc2)CC1)[C@H]1CCC[C@@H]1CC(=O)OC. The number of methoxy groups -OCH3 is 1. The average Bonchev–Trinajstić information content (AvgIpc) is 3.79. The normalized spacial score (nSPS) is 22.5. The van der Waals surface area contributed by atoms with E-state index in [-0.39, 0.29) is 47.1 Å². The van der Waals surface area contributed by atoms with Crippen LogP contribution in [-0.2, 0) is 36.1 Å². The van der Waals surface area contributed by atoms with Gasteiger partial charge in [-0.25, -0.2) is 19.4 Å². The lowest BCUT2D eigenvalue weighted by Gasteiger charge is -2.42. The molecule has 7 nitrogen and oxygen atoms in total. The van der Waals surface area contributed by atoms with Crippen LogP contribution in [0.1, 0.15) is 75.3 Å². The number of hydrogen-bond donors (Lipinski definition) is 0. The molecular weight excluding hydrogens is 567 g/mol. The van der Waals surface area contributed by atoms with Gasteiger partial charge in [0, 0.05) is 43.3 Å². The average molecular weight is 609 g/mol. The summed E-state index contributed by atoms with van der Waals surface area (Å²) in [7, 11) is -1.82. The molecule has 0 spiro atoms. The van der Waals surface area contributed by atoms with Crippen molar-refractivity contribution in [2.75, 3.05) is 20.2 Å². The fraction of sp³-hybridized carbons (Fsp3) is 0.559. The van der Waals surface area contributed by atoms with Crippen LogP contribution in [0.2, 0.25) is 0 Å². The maximum atomic E-state index is 14.5. The largest absolute Gasteiger partial charge is 0.469 e. The molecule has 0 unspecified atom stereocenters. The Labute approximate surface area is 254 Å². The van der Waals surface area contributed by atoms with Gasteiger partial charge in [-0.2, -0.15) is 0 Å². The maximum absolute atomic E-state index is 14.5. The number of hydrogen-bond acceptors (Lipinski definition) is 5. The summed E-state index contributed by atoms with van der Waals surface area (Å²) in [5.41, 5.74) is 0.715. The summed E-state index contributed by atoms with van der Waals surface area (Å²) in [6.45, 7) is 9.57. The van der Waals surface area contributed by atoms with Gasteiger partial charge in [-0.1, -0.05) is 30.7 Å². The van der Waals surface area contributed by atoms with Crippen LogP contribution in [-0.4, -0.2) is 50.6 Å². The van der Waals surface area contributed by atoms with Crippen molar-refractivity contribution in [3.05, 3.63) is 76.9 Å². The van der Waals surface area contributed by atoms with Crippen LogP contribution in [0.3, 0.4) is 0 Å². The molecule has 2 saturated carbocycles. The van der Waals surface area contributed by atoms with Gasteiger partial charge >= 0.3 is 5.97 Å². The number of esters is 1. The van der Waals surface area contributed by atoms with Crippen molar-refractivity contribution in [2.45, 2.75) is 86.3 Å². The molecule has 3 fully saturated rings. The number of ether oxygens (including phenoxy) is 1. The van der Waals surface area contributed by atoms with E-state index < -0.39 is 15.4 Å². The zero-order valence-electron chi connectivity index (χ0n) is 24.8. The first kappa shape index (κ1) is 31.2. The second-order valence-electron chi connectivity index (χ2n) is 12.4. The predicted octanol–water partition coefficient (Wildman–Crippen LogP) is 6.12. The highest BCUT2D eigenvalue weighted by Crippen LogP contribution is 2.54. The van der Waals surface area contributed by atoms with Gasteiger partial charge < -0.3 is 14.5 Å². The van der Waals surface area contributed by atoms with Gasteiger partial charge in [-0.15, -0.1) is 0 Å². The molecule has 0 bridgehead atoms. The molecular formula is C34H41FN2O5S. The van der Waals surface area contributed by atoms with E-state index in [4.69, 9.17) is 11.3 Å². The summed E-state index contributed by atoms with van der Waals surface area (Å²) in [6.07, 6.45) is 7.32. The Kier molecular flexibility index (Phi) is 9.55. The van der Waals surface area contributed by atoms with Crippen molar-refractivity contribution in [3.63, 3.8) is 0 Å². The molecule has 1 amide bonds. The number of benzene rings is 2. The fourth-order valence-corrected chi connectivity index (χ4v) is 9.13. The second-order valence-corrected chi connectivity index (χ2v) is 14.7. The lowest BCUT2D eigenvalue weighted by molar-refractivity contribution is -0.142. The third-order valence-corrected chi connectivity index (χ3v) is 12.2. The van der Waals surface area contributed by atoms with Gasteiger partial charge in [0.15, 0.2) is 9.84 Å². The number of sulfone groups is 1. The highest BCUT2D eigenvalue weighted by molar-refractivity contribution is 7.92. The number of aryl methyl sites for hydroxylation is 1. The summed E-state index contributed by atoms with van der Waals surface area (Å²) < 4.78 is 44.3. The molecule has 3 atom stereocenters. The van der Waals surface area contributed by atoms with E-state index in [0.29, 0.717) is 55.7 Å². The Morgan fingerprint density at radius 2 is 1.77 bits per heavy atom. The van der Waals surface area contributed by atoms with Crippen molar-refractivity contribution in [1.29, 1.82) is 0 Å². The number of piperidine rings is 1. The van der Waals surface area contributed by atoms with Crippen LogP contribution >= 0.6 is 0 Å². The molecule has 1 aliphatic heterocycles. The number of rotatable bonds is 11. The van der Waals surface area contributed by atoms with Crippen molar-refractivity contribution in [1.82, 2.24) is 4.90 Å². The zero-order chi connectivity index (χ0) is 30.6. The second kappa shape index (κ2) is 13.2. The summed E-state index contributed by atoms with van der Waals surface area (Å²) in [5.74, 6) is -0.745. The van der Waals surface area contributed by atoms with Crippen LogP contribution in [0.4, 0.5) is 4.39 Å². The molecule has 0 aromatic heterocycles. The minimum absolute atomic E-state index is 0.00707. The molecule has 9 heteroatoms. The highest BCUT2D eigenvalue weighted by Gasteiger charge is 2.58. The number of carbonyl (C=O) groups is 2. The monoisotopic (exact) mass is 608 g/mol. The Morgan fingerprint density at radius 1 is 1.05 bits per heavy atom. The summed E-state index contributed by atoms with van der Waals surface area (Å²) >= 11 is 0. The molecule has 0 radical (unpaired) electrons. The molecule has 230 valence electrons. The van der Waals surface area contributed by atoms with Gasteiger partial charge in [-0.3, -0.25) is 9.59 Å². The van der Waals surface area contributed by atoms with E-state index in [1.165, 1.54) is 19.2 Å². The third-order valence-electron chi connectivity index (χ3n) is 9.89. The van der Waals surface area contributed by atoms with E-state index >= 15 is 0 Å². The van der Waals surface area contributed by atoms with E-state index in [1.807, 2.05) is 23.1 Å². The van der Waals surface area contributed by atoms with Crippen LogP contribution in [0, 0.1) is 30.1 Å². The summed E-state index contributed by atoms with van der Waals surface area (Å²) in [6, 6.07) is 13.4. The maximum Gasteiger partial charge on any atom is 0.305 e. The van der Waals surface area contributed by atoms with Crippen LogP contribution in [0.5, 0.6) is 0 Å². The number of halogens is 1. The summed E-state index contributed by atoms with van der Waals surface area (Å²) in [4.78, 5) is 31.9. The first-order valence-electron chi connectivity index (χ1n) is 15.5. The van der Waals surface area contributed by atoms with E-state index in [9.17, 15) is 22.4 Å². The van der Waals surface area contributed by atoms with Gasteiger partial charge in [0.1, 0.15) is 5.82 Å². The molecule has 1 saturated heterocycles. The van der Waals surface area contributed by atoms with Gasteiger partial charge in [-0.05, 0) is 87.1 Å². The van der Waals surface area contributed by atoms with Gasteiger partial charge in [0.25, 0.3) is 5.54 Å². The molecule has 43 heavy (non-hydrogen) atoms. The van der Waals surface area contributed by atoms with Crippen molar-refractivity contribution < 1.29 is 27.1 Å². The van der Waals surface area contributed by atoms with E-state index in [1.54, 1.807) is 18.2 Å². The molecule has 2 aliphatic carbocycles. The minimum Gasteiger partial charge on any atom is -0.469 e. The van der Waals surface area contributed by atoms with Crippen molar-refractivity contribution in [2.24, 2.45) is 17.8 Å². The highest BCUT2D eigenvalue weighted by atomic mass is 32.2. The number of nitrogens with zero attached hydrogens (tertiary/aromatic N) is 2. The third kappa shape index (κ3) is 6.64. The zero-order valence-corrected chi connectivity index (χ0v) is 25.7. The first-order valence-corrected chi connectivity index (χ1v) is 17.1. The van der Waals surface area contributed by atoms with Crippen LogP contribution in [0.25, 0.3) is 4.85 Å². The molecule has 2 aromatic carbocycles. The van der Waals surface area contributed by atoms with E-state index in [0.717, 1.165) is 37.7 Å². The minimum atomic E-state index is -3.20. The Bertz CT molecular complexity index is 1460. The lowest BCUT2D eigenvalue weighted by Crippen LogP contribution is -2.48.